The standard InChI is InChI=1S/C8H17N2O3Si.F6P/c1-9-5-6-10(7-9)8-14(11-2,12-3)13-4;1-7(2,3,4,5)6/h5-7H,8H2,1-4H3;/q+1;-1. The Balaban J connectivity index is 0.000000486. The molecule has 0 N–H and O–H groups in total. The molecule has 21 heavy (non-hydrogen) atoms. The normalized spacial score (nSPS) is 15.7. The SMILES string of the molecule is CO[Si](Cn1cc[n+](C)c1)(OC)OC.F[P-](F)(F)(F)(F)F. The van der Waals surface area contributed by atoms with Crippen molar-refractivity contribution >= 4 is 16.6 Å². The van der Waals surface area contributed by atoms with Crippen molar-refractivity contribution in [3.05, 3.63) is 18.7 Å². The Morgan fingerprint density at radius 1 is 1.00 bits per heavy atom. The zero-order valence-corrected chi connectivity index (χ0v) is 13.7. The predicted molar refractivity (Wildman–Crippen MR) is 66.0 cm³/mol. The maximum absolute atomic E-state index is 10.7. The second kappa shape index (κ2) is 5.84. The molecular weight excluding hydrogens is 345 g/mol. The van der Waals surface area contributed by atoms with Crippen LogP contribution < -0.4 is 4.57 Å². The van der Waals surface area contributed by atoms with Gasteiger partial charge in [-0.3, -0.25) is 0 Å². The molecule has 0 radical (unpaired) electrons. The molecule has 0 saturated heterocycles. The quantitative estimate of drug-likeness (QED) is 0.350. The molecule has 1 aromatic heterocycles. The van der Waals surface area contributed by atoms with Crippen molar-refractivity contribution in [3.63, 3.8) is 0 Å². The van der Waals surface area contributed by atoms with Crippen LogP contribution in [0.5, 0.6) is 0 Å². The van der Waals surface area contributed by atoms with E-state index in [0.717, 1.165) is 0 Å². The maximum atomic E-state index is 9.87. The van der Waals surface area contributed by atoms with E-state index in [1.807, 2.05) is 34.9 Å². The van der Waals surface area contributed by atoms with Crippen LogP contribution in [0.25, 0.3) is 0 Å². The number of rotatable bonds is 5. The monoisotopic (exact) mass is 362 g/mol. The van der Waals surface area contributed by atoms with Crippen LogP contribution in [0.4, 0.5) is 25.2 Å². The van der Waals surface area contributed by atoms with E-state index < -0.39 is 16.6 Å². The number of hydrogen-bond acceptors (Lipinski definition) is 3. The van der Waals surface area contributed by atoms with E-state index >= 15 is 0 Å². The van der Waals surface area contributed by atoms with Crippen LogP contribution >= 0.6 is 7.81 Å². The Morgan fingerprint density at radius 3 is 1.62 bits per heavy atom. The molecule has 1 aromatic rings. The zero-order valence-electron chi connectivity index (χ0n) is 11.8. The van der Waals surface area contributed by atoms with E-state index in [4.69, 9.17) is 13.3 Å². The van der Waals surface area contributed by atoms with E-state index in [-0.39, 0.29) is 0 Å². The molecule has 0 aliphatic carbocycles. The summed E-state index contributed by atoms with van der Waals surface area (Å²) in [4.78, 5) is 0. The summed E-state index contributed by atoms with van der Waals surface area (Å²) in [6.07, 6.45) is 6.50. The summed E-state index contributed by atoms with van der Waals surface area (Å²) in [5.41, 5.74) is 0. The van der Waals surface area contributed by atoms with Crippen molar-refractivity contribution in [1.82, 2.24) is 4.57 Å². The molecule has 0 spiro atoms. The van der Waals surface area contributed by atoms with Crippen molar-refractivity contribution in [2.75, 3.05) is 21.3 Å². The van der Waals surface area contributed by atoms with Crippen molar-refractivity contribution in [2.24, 2.45) is 7.05 Å². The van der Waals surface area contributed by atoms with Gasteiger partial charge in [-0.2, -0.15) is 0 Å². The summed E-state index contributed by atoms with van der Waals surface area (Å²) >= 11 is 0. The molecule has 5 nitrogen and oxygen atoms in total. The van der Waals surface area contributed by atoms with E-state index in [1.54, 1.807) is 21.3 Å². The third-order valence-corrected chi connectivity index (χ3v) is 4.75. The number of hydrogen-bond donors (Lipinski definition) is 0. The first kappa shape index (κ1) is 20.3. The molecule has 13 heteroatoms. The van der Waals surface area contributed by atoms with Crippen molar-refractivity contribution in [3.8, 4) is 0 Å². The second-order valence-electron chi connectivity index (χ2n) is 4.01. The van der Waals surface area contributed by atoms with Gasteiger partial charge in [-0.1, -0.05) is 0 Å². The molecule has 1 rings (SSSR count). The van der Waals surface area contributed by atoms with E-state index in [1.165, 1.54) is 0 Å². The zero-order chi connectivity index (χ0) is 17.0. The van der Waals surface area contributed by atoms with Crippen LogP contribution in [-0.4, -0.2) is 34.7 Å². The van der Waals surface area contributed by atoms with Gasteiger partial charge in [0.1, 0.15) is 12.4 Å². The van der Waals surface area contributed by atoms with Crippen LogP contribution in [-0.2, 0) is 26.5 Å². The molecule has 128 valence electrons. The molecule has 0 fully saturated rings. The van der Waals surface area contributed by atoms with E-state index in [2.05, 4.69) is 0 Å². The Labute approximate surface area is 118 Å². The van der Waals surface area contributed by atoms with Gasteiger partial charge in [-0.15, -0.1) is 0 Å². The average Bonchev–Trinajstić information content (AvgIpc) is 2.68. The fourth-order valence-electron chi connectivity index (χ4n) is 1.26. The predicted octanol–water partition coefficient (Wildman–Crippen LogP) is 3.11. The van der Waals surface area contributed by atoms with Crippen molar-refractivity contribution < 1.29 is 43.0 Å². The van der Waals surface area contributed by atoms with Gasteiger partial charge in [0.05, 0.1) is 7.05 Å². The average molecular weight is 362 g/mol. The van der Waals surface area contributed by atoms with Crippen LogP contribution in [0.3, 0.4) is 0 Å². The Bertz CT molecular complexity index is 441. The summed E-state index contributed by atoms with van der Waals surface area (Å²) in [6.45, 7) is 0. The van der Waals surface area contributed by atoms with Gasteiger partial charge in [0.2, 0.25) is 6.33 Å². The van der Waals surface area contributed by atoms with Crippen LogP contribution in [0.2, 0.25) is 0 Å². The molecule has 0 aliphatic rings. The molecule has 0 saturated carbocycles. The van der Waals surface area contributed by atoms with Gasteiger partial charge >= 0.3 is 41.8 Å². The van der Waals surface area contributed by atoms with Gasteiger partial charge < -0.3 is 13.3 Å². The Hall–Kier alpha value is -0.683. The minimum atomic E-state index is -10.7. The number of aromatic nitrogens is 2. The summed E-state index contributed by atoms with van der Waals surface area (Å²) in [5.74, 6) is 0. The van der Waals surface area contributed by atoms with Crippen LogP contribution in [0.1, 0.15) is 0 Å². The van der Waals surface area contributed by atoms with Crippen LogP contribution in [0.15, 0.2) is 18.7 Å². The van der Waals surface area contributed by atoms with Crippen LogP contribution in [0, 0.1) is 0 Å². The van der Waals surface area contributed by atoms with Gasteiger partial charge in [0, 0.05) is 21.3 Å². The summed E-state index contributed by atoms with van der Waals surface area (Å²) < 4.78 is 79.1. The summed E-state index contributed by atoms with van der Waals surface area (Å²) in [6, 6.07) is 0. The number of imidazole rings is 1. The molecule has 0 aromatic carbocycles. The van der Waals surface area contributed by atoms with Gasteiger partial charge in [-0.05, 0) is 0 Å². The topological polar surface area (TPSA) is 36.5 Å². The Kier molecular flexibility index (Phi) is 5.65. The first-order chi connectivity index (χ1) is 9.10. The molecule has 0 atom stereocenters. The van der Waals surface area contributed by atoms with E-state index in [9.17, 15) is 25.2 Å². The molecule has 0 unspecified atom stereocenters. The van der Waals surface area contributed by atoms with Gasteiger partial charge in [0.15, 0.2) is 6.17 Å². The first-order valence-corrected chi connectivity index (χ1v) is 9.29. The van der Waals surface area contributed by atoms with Gasteiger partial charge in [0.25, 0.3) is 0 Å². The summed E-state index contributed by atoms with van der Waals surface area (Å²) in [5, 5.41) is 0. The molecule has 0 amide bonds. The first-order valence-electron chi connectivity index (χ1n) is 5.33. The Morgan fingerprint density at radius 2 is 1.38 bits per heavy atom. The van der Waals surface area contributed by atoms with Gasteiger partial charge in [-0.25, -0.2) is 9.13 Å². The number of nitrogens with zero attached hydrogens (tertiary/aromatic N) is 2. The number of halogens is 6. The third kappa shape index (κ3) is 11.6. The molecule has 0 aliphatic heterocycles. The fourth-order valence-corrected chi connectivity index (χ4v) is 2.78. The van der Waals surface area contributed by atoms with Crippen molar-refractivity contribution in [1.29, 1.82) is 0 Å². The molecular formula is C8H17F6N2O3PSi. The number of aryl methyl sites for hydroxylation is 1. The molecule has 0 bridgehead atoms. The van der Waals surface area contributed by atoms with E-state index in [0.29, 0.717) is 6.17 Å². The molecule has 1 heterocycles. The minimum absolute atomic E-state index is 0.622. The summed E-state index contributed by atoms with van der Waals surface area (Å²) in [7, 11) is -6.35. The second-order valence-corrected chi connectivity index (χ2v) is 8.83. The van der Waals surface area contributed by atoms with Crippen molar-refractivity contribution in [2.45, 2.75) is 6.17 Å². The third-order valence-electron chi connectivity index (χ3n) is 2.13. The fraction of sp³-hybridized carbons (Fsp3) is 0.625.